The number of thiocarbonyl (C=S) groups is 1. The number of imidazole rings is 1. The monoisotopic (exact) mass is 512 g/mol. The molecule has 0 amide bonds. The zero-order chi connectivity index (χ0) is 25.3. The molecule has 194 valence electrons. The predicted molar refractivity (Wildman–Crippen MR) is 139 cm³/mol. The molecular formula is C28H36N2O5S. The van der Waals surface area contributed by atoms with E-state index in [0.717, 1.165) is 25.7 Å². The van der Waals surface area contributed by atoms with Crippen molar-refractivity contribution in [2.24, 2.45) is 11.8 Å². The van der Waals surface area contributed by atoms with Crippen molar-refractivity contribution < 1.29 is 23.8 Å². The number of nitrogens with zero attached hydrogens (tertiary/aromatic N) is 2. The van der Waals surface area contributed by atoms with E-state index >= 15 is 0 Å². The van der Waals surface area contributed by atoms with E-state index in [2.05, 4.69) is 11.9 Å². The van der Waals surface area contributed by atoms with Crippen molar-refractivity contribution in [2.45, 2.75) is 89.4 Å². The minimum atomic E-state index is -0.332. The molecule has 2 unspecified atom stereocenters. The number of ether oxygens (including phenoxy) is 3. The number of benzene rings is 1. The number of unbranched alkanes of at least 4 members (excludes halogenated alkanes) is 4. The Labute approximate surface area is 218 Å². The third-order valence-electron chi connectivity index (χ3n) is 7.36. The van der Waals surface area contributed by atoms with Crippen LogP contribution in [0.3, 0.4) is 0 Å². The van der Waals surface area contributed by atoms with Gasteiger partial charge in [-0.15, -0.1) is 0 Å². The fraction of sp³-hybridized carbons (Fsp3) is 0.571. The lowest BCUT2D eigenvalue weighted by Crippen LogP contribution is -2.28. The van der Waals surface area contributed by atoms with Gasteiger partial charge in [0.05, 0.1) is 12.0 Å². The van der Waals surface area contributed by atoms with Crippen LogP contribution in [0.4, 0.5) is 0 Å². The molecule has 1 aliphatic heterocycles. The molecule has 2 aliphatic rings. The number of carbonyl (C=O) groups excluding carboxylic acids is 2. The summed E-state index contributed by atoms with van der Waals surface area (Å²) in [6.45, 7) is 2.21. The molecule has 0 bridgehead atoms. The molecule has 2 fully saturated rings. The van der Waals surface area contributed by atoms with E-state index in [1.807, 2.05) is 18.2 Å². The summed E-state index contributed by atoms with van der Waals surface area (Å²) in [5.41, 5.74) is 0.532. The third-order valence-corrected chi connectivity index (χ3v) is 7.66. The SMILES string of the molecule is CCCCCCCC(CC[C@H]1[C@H](OC(=O)c2ccccc2)CC2OC(=O)C[C@@H]21)OC(=S)n1ccnc1. The highest BCUT2D eigenvalue weighted by Gasteiger charge is 2.51. The lowest BCUT2D eigenvalue weighted by atomic mass is 9.86. The van der Waals surface area contributed by atoms with Crippen molar-refractivity contribution >= 4 is 29.3 Å². The van der Waals surface area contributed by atoms with Gasteiger partial charge in [-0.05, 0) is 50.0 Å². The first kappa shape index (κ1) is 26.3. The summed E-state index contributed by atoms with van der Waals surface area (Å²) in [5.74, 6) is -0.381. The highest BCUT2D eigenvalue weighted by atomic mass is 32.1. The van der Waals surface area contributed by atoms with Crippen LogP contribution in [0, 0.1) is 11.8 Å². The Morgan fingerprint density at radius 2 is 2.00 bits per heavy atom. The minimum absolute atomic E-state index is 0.0436. The molecule has 8 heteroatoms. The molecule has 1 aromatic heterocycles. The lowest BCUT2D eigenvalue weighted by molar-refractivity contribution is -0.141. The van der Waals surface area contributed by atoms with Crippen LogP contribution in [0.25, 0.3) is 0 Å². The number of rotatable bonds is 12. The predicted octanol–water partition coefficient (Wildman–Crippen LogP) is 5.72. The number of aromatic nitrogens is 2. The number of hydrogen-bond acceptors (Lipinski definition) is 7. The zero-order valence-electron chi connectivity index (χ0n) is 20.9. The lowest BCUT2D eigenvalue weighted by Gasteiger charge is -2.26. The second-order valence-corrected chi connectivity index (χ2v) is 10.2. The van der Waals surface area contributed by atoms with Gasteiger partial charge in [-0.2, -0.15) is 0 Å². The van der Waals surface area contributed by atoms with Gasteiger partial charge in [0.25, 0.3) is 5.17 Å². The molecule has 1 saturated heterocycles. The Morgan fingerprint density at radius 1 is 1.19 bits per heavy atom. The number of hydrogen-bond donors (Lipinski definition) is 0. The maximum Gasteiger partial charge on any atom is 0.338 e. The molecule has 1 saturated carbocycles. The summed E-state index contributed by atoms with van der Waals surface area (Å²) in [6.07, 6.45) is 13.9. The topological polar surface area (TPSA) is 79.6 Å². The number of fused-ring (bicyclic) bond motifs is 1. The molecule has 7 nitrogen and oxygen atoms in total. The maximum atomic E-state index is 12.8. The van der Waals surface area contributed by atoms with Crippen molar-refractivity contribution in [1.82, 2.24) is 9.55 Å². The fourth-order valence-electron chi connectivity index (χ4n) is 5.46. The third kappa shape index (κ3) is 6.93. The van der Waals surface area contributed by atoms with Gasteiger partial charge in [0.1, 0.15) is 24.6 Å². The average molecular weight is 513 g/mol. The molecule has 0 spiro atoms. The highest BCUT2D eigenvalue weighted by Crippen LogP contribution is 2.45. The van der Waals surface area contributed by atoms with E-state index in [1.54, 1.807) is 35.4 Å². The molecule has 0 radical (unpaired) electrons. The largest absolute Gasteiger partial charge is 0.467 e. The second kappa shape index (κ2) is 13.0. The van der Waals surface area contributed by atoms with Crippen LogP contribution in [0.15, 0.2) is 49.1 Å². The van der Waals surface area contributed by atoms with Crippen LogP contribution in [0.1, 0.15) is 81.5 Å². The van der Waals surface area contributed by atoms with Crippen molar-refractivity contribution in [2.75, 3.05) is 0 Å². The van der Waals surface area contributed by atoms with Crippen LogP contribution >= 0.6 is 12.2 Å². The van der Waals surface area contributed by atoms with Crippen molar-refractivity contribution in [1.29, 1.82) is 0 Å². The molecule has 1 aromatic carbocycles. The first-order chi connectivity index (χ1) is 17.5. The number of carbonyl (C=O) groups is 2. The molecule has 5 atom stereocenters. The Morgan fingerprint density at radius 3 is 2.75 bits per heavy atom. The van der Waals surface area contributed by atoms with Gasteiger partial charge in [-0.3, -0.25) is 9.36 Å². The summed E-state index contributed by atoms with van der Waals surface area (Å²) in [5, 5.41) is 0.391. The van der Waals surface area contributed by atoms with Crippen LogP contribution < -0.4 is 0 Å². The molecule has 2 aromatic rings. The quantitative estimate of drug-likeness (QED) is 0.204. The van der Waals surface area contributed by atoms with Crippen LogP contribution in [0.2, 0.25) is 0 Å². The maximum absolute atomic E-state index is 12.8. The van der Waals surface area contributed by atoms with Crippen molar-refractivity contribution in [3.05, 3.63) is 54.6 Å². The normalized spacial score (nSPS) is 23.6. The first-order valence-electron chi connectivity index (χ1n) is 13.2. The summed E-state index contributed by atoms with van der Waals surface area (Å²) in [7, 11) is 0. The van der Waals surface area contributed by atoms with Crippen molar-refractivity contribution in [3.8, 4) is 0 Å². The van der Waals surface area contributed by atoms with Gasteiger partial charge in [-0.25, -0.2) is 9.78 Å². The molecule has 2 heterocycles. The van der Waals surface area contributed by atoms with E-state index in [1.165, 1.54) is 25.7 Å². The van der Waals surface area contributed by atoms with Gasteiger partial charge in [-0.1, -0.05) is 50.8 Å². The van der Waals surface area contributed by atoms with E-state index in [-0.39, 0.29) is 42.1 Å². The molecule has 36 heavy (non-hydrogen) atoms. The van der Waals surface area contributed by atoms with Gasteiger partial charge in [0.15, 0.2) is 0 Å². The molecule has 1 aliphatic carbocycles. The second-order valence-electron chi connectivity index (χ2n) is 9.86. The standard InChI is InChI=1S/C28H36N2O5S/c1-2-3-4-5-9-12-21(33-28(36)30-16-15-29-19-30)13-14-22-23-17-26(31)34-25(23)18-24(22)35-27(32)20-10-7-6-8-11-20/h6-8,10-11,15-16,19,21-25H,2-5,9,12-14,17-18H2,1H3/t21?,22-,23-,24-,25?/m1/s1. The summed E-state index contributed by atoms with van der Waals surface area (Å²) >= 11 is 5.51. The Kier molecular flexibility index (Phi) is 9.50. The molecular weight excluding hydrogens is 476 g/mol. The average Bonchev–Trinajstić information content (AvgIpc) is 3.60. The van der Waals surface area contributed by atoms with Crippen LogP contribution in [-0.4, -0.2) is 45.0 Å². The summed E-state index contributed by atoms with van der Waals surface area (Å²) in [4.78, 5) is 28.9. The fourth-order valence-corrected chi connectivity index (χ4v) is 5.70. The highest BCUT2D eigenvalue weighted by molar-refractivity contribution is 7.80. The number of esters is 2. The summed E-state index contributed by atoms with van der Waals surface area (Å²) in [6, 6.07) is 9.03. The van der Waals surface area contributed by atoms with Gasteiger partial charge < -0.3 is 14.2 Å². The Balaban J connectivity index is 1.40. The van der Waals surface area contributed by atoms with Gasteiger partial charge in [0.2, 0.25) is 0 Å². The van der Waals surface area contributed by atoms with Crippen LogP contribution in [-0.2, 0) is 19.0 Å². The Bertz CT molecular complexity index is 997. The summed E-state index contributed by atoms with van der Waals surface area (Å²) < 4.78 is 19.5. The molecule has 4 rings (SSSR count). The van der Waals surface area contributed by atoms with Gasteiger partial charge >= 0.3 is 11.9 Å². The van der Waals surface area contributed by atoms with E-state index in [0.29, 0.717) is 23.6 Å². The minimum Gasteiger partial charge on any atom is -0.467 e. The van der Waals surface area contributed by atoms with Crippen LogP contribution in [0.5, 0.6) is 0 Å². The Hall–Kier alpha value is -2.74. The van der Waals surface area contributed by atoms with E-state index < -0.39 is 0 Å². The van der Waals surface area contributed by atoms with Gasteiger partial charge in [0, 0.05) is 30.7 Å². The molecule has 0 N–H and O–H groups in total. The zero-order valence-corrected chi connectivity index (χ0v) is 21.7. The van der Waals surface area contributed by atoms with E-state index in [4.69, 9.17) is 26.4 Å². The first-order valence-corrected chi connectivity index (χ1v) is 13.6. The van der Waals surface area contributed by atoms with E-state index in [9.17, 15) is 9.59 Å². The smallest absolute Gasteiger partial charge is 0.338 e. The van der Waals surface area contributed by atoms with Crippen molar-refractivity contribution in [3.63, 3.8) is 0 Å².